The summed E-state index contributed by atoms with van der Waals surface area (Å²) in [6.45, 7) is 6.22. The van der Waals surface area contributed by atoms with E-state index in [9.17, 15) is 4.79 Å². The smallest absolute Gasteiger partial charge is 0.313 e. The number of hydrogen-bond donors (Lipinski definition) is 0. The van der Waals surface area contributed by atoms with Crippen molar-refractivity contribution in [2.45, 2.75) is 33.1 Å². The lowest BCUT2D eigenvalue weighted by Crippen LogP contribution is -2.15. The number of benzene rings is 1. The summed E-state index contributed by atoms with van der Waals surface area (Å²) >= 11 is 0. The van der Waals surface area contributed by atoms with Crippen molar-refractivity contribution in [2.75, 3.05) is 6.61 Å². The van der Waals surface area contributed by atoms with Crippen molar-refractivity contribution < 1.29 is 9.53 Å². The first-order chi connectivity index (χ1) is 9.15. The lowest BCUT2D eigenvalue weighted by molar-refractivity contribution is -0.145. The summed E-state index contributed by atoms with van der Waals surface area (Å²) in [6.07, 6.45) is 0.740. The number of aromatic nitrogens is 1. The molecule has 0 bridgehead atoms. The molecule has 0 aliphatic rings. The molecule has 0 aliphatic heterocycles. The van der Waals surface area contributed by atoms with E-state index in [0.717, 1.165) is 28.6 Å². The number of fused-ring (bicyclic) bond motifs is 1. The van der Waals surface area contributed by atoms with E-state index in [1.165, 1.54) is 0 Å². The number of rotatable bonds is 4. The Kier molecular flexibility index (Phi) is 4.15. The fourth-order valence-corrected chi connectivity index (χ4v) is 2.24. The SMILES string of the molecule is CCOC(=O)C(CC)c1ccc2nc(C)ccc2c1. The minimum atomic E-state index is -0.189. The van der Waals surface area contributed by atoms with E-state index in [0.29, 0.717) is 6.61 Å². The van der Waals surface area contributed by atoms with E-state index >= 15 is 0 Å². The standard InChI is InChI=1S/C16H19NO2/c1-4-14(16(18)19-5-2)12-8-9-15-13(10-12)7-6-11(3)17-15/h6-10,14H,4-5H2,1-3H3. The monoisotopic (exact) mass is 257 g/mol. The fraction of sp³-hybridized carbons (Fsp3) is 0.375. The van der Waals surface area contributed by atoms with E-state index in [-0.39, 0.29) is 11.9 Å². The number of hydrogen-bond acceptors (Lipinski definition) is 3. The molecule has 0 spiro atoms. The van der Waals surface area contributed by atoms with Crippen LogP contribution in [0.4, 0.5) is 0 Å². The van der Waals surface area contributed by atoms with Crippen molar-refractivity contribution in [3.63, 3.8) is 0 Å². The maximum Gasteiger partial charge on any atom is 0.313 e. The van der Waals surface area contributed by atoms with Crippen LogP contribution in [0.3, 0.4) is 0 Å². The topological polar surface area (TPSA) is 39.2 Å². The molecule has 0 saturated carbocycles. The first-order valence-electron chi connectivity index (χ1n) is 6.69. The van der Waals surface area contributed by atoms with Gasteiger partial charge in [-0.15, -0.1) is 0 Å². The van der Waals surface area contributed by atoms with Gasteiger partial charge in [-0.25, -0.2) is 0 Å². The third-order valence-corrected chi connectivity index (χ3v) is 3.23. The van der Waals surface area contributed by atoms with E-state index in [4.69, 9.17) is 4.74 Å². The number of nitrogens with zero attached hydrogens (tertiary/aromatic N) is 1. The summed E-state index contributed by atoms with van der Waals surface area (Å²) in [6, 6.07) is 10.0. The van der Waals surface area contributed by atoms with Gasteiger partial charge in [0, 0.05) is 11.1 Å². The molecule has 19 heavy (non-hydrogen) atoms. The second-order valence-electron chi connectivity index (χ2n) is 4.62. The van der Waals surface area contributed by atoms with Crippen LogP contribution < -0.4 is 0 Å². The van der Waals surface area contributed by atoms with Gasteiger partial charge in [0.25, 0.3) is 0 Å². The molecular formula is C16H19NO2. The van der Waals surface area contributed by atoms with Gasteiger partial charge in [-0.2, -0.15) is 0 Å². The maximum atomic E-state index is 11.9. The summed E-state index contributed by atoms with van der Waals surface area (Å²) in [5.41, 5.74) is 2.96. The Morgan fingerprint density at radius 1 is 1.26 bits per heavy atom. The summed E-state index contributed by atoms with van der Waals surface area (Å²) in [4.78, 5) is 16.4. The quantitative estimate of drug-likeness (QED) is 0.786. The second kappa shape index (κ2) is 5.83. The van der Waals surface area contributed by atoms with Crippen LogP contribution in [0, 0.1) is 6.92 Å². The molecule has 0 aliphatic carbocycles. The van der Waals surface area contributed by atoms with Gasteiger partial charge in [0.2, 0.25) is 0 Å². The Morgan fingerprint density at radius 3 is 2.74 bits per heavy atom. The van der Waals surface area contributed by atoms with Crippen LogP contribution in [0.25, 0.3) is 10.9 Å². The van der Waals surface area contributed by atoms with Crippen molar-refractivity contribution in [1.29, 1.82) is 0 Å². The minimum absolute atomic E-state index is 0.149. The number of pyridine rings is 1. The number of carbonyl (C=O) groups is 1. The summed E-state index contributed by atoms with van der Waals surface area (Å²) in [5, 5.41) is 1.06. The summed E-state index contributed by atoms with van der Waals surface area (Å²) in [7, 11) is 0. The highest BCUT2D eigenvalue weighted by Gasteiger charge is 2.20. The molecule has 1 aromatic carbocycles. The molecule has 2 rings (SSSR count). The molecular weight excluding hydrogens is 238 g/mol. The van der Waals surface area contributed by atoms with Crippen molar-refractivity contribution in [3.05, 3.63) is 41.6 Å². The molecule has 3 nitrogen and oxygen atoms in total. The minimum Gasteiger partial charge on any atom is -0.466 e. The molecule has 0 radical (unpaired) electrons. The molecule has 0 amide bonds. The summed E-state index contributed by atoms with van der Waals surface area (Å²) in [5.74, 6) is -0.338. The Bertz CT molecular complexity index is 592. The lowest BCUT2D eigenvalue weighted by atomic mass is 9.95. The molecule has 1 atom stereocenters. The number of carbonyl (C=O) groups excluding carboxylic acids is 1. The Morgan fingerprint density at radius 2 is 2.05 bits per heavy atom. The first-order valence-corrected chi connectivity index (χ1v) is 6.69. The highest BCUT2D eigenvalue weighted by atomic mass is 16.5. The predicted molar refractivity (Wildman–Crippen MR) is 76.1 cm³/mol. The van der Waals surface area contributed by atoms with Gasteiger partial charge < -0.3 is 4.74 Å². The van der Waals surface area contributed by atoms with Crippen LogP contribution in [0.2, 0.25) is 0 Å². The fourth-order valence-electron chi connectivity index (χ4n) is 2.24. The third kappa shape index (κ3) is 2.92. The molecule has 100 valence electrons. The average molecular weight is 257 g/mol. The van der Waals surface area contributed by atoms with Gasteiger partial charge in [-0.3, -0.25) is 9.78 Å². The van der Waals surface area contributed by atoms with E-state index in [1.807, 2.05) is 51.1 Å². The van der Waals surface area contributed by atoms with Crippen LogP contribution in [0.15, 0.2) is 30.3 Å². The highest BCUT2D eigenvalue weighted by Crippen LogP contribution is 2.24. The number of esters is 1. The third-order valence-electron chi connectivity index (χ3n) is 3.23. The molecule has 0 fully saturated rings. The Labute approximate surface area is 113 Å². The molecule has 2 aromatic rings. The second-order valence-corrected chi connectivity index (χ2v) is 4.62. The van der Waals surface area contributed by atoms with Gasteiger partial charge in [-0.1, -0.05) is 19.1 Å². The van der Waals surface area contributed by atoms with Crippen LogP contribution in [0.1, 0.15) is 37.4 Å². The highest BCUT2D eigenvalue weighted by molar-refractivity contribution is 5.83. The van der Waals surface area contributed by atoms with Crippen LogP contribution in [0.5, 0.6) is 0 Å². The van der Waals surface area contributed by atoms with Crippen molar-refractivity contribution in [3.8, 4) is 0 Å². The molecule has 0 N–H and O–H groups in total. The molecule has 3 heteroatoms. The van der Waals surface area contributed by atoms with E-state index in [2.05, 4.69) is 4.98 Å². The van der Waals surface area contributed by atoms with Crippen LogP contribution in [-0.4, -0.2) is 17.6 Å². The normalized spacial score (nSPS) is 12.4. The summed E-state index contributed by atoms with van der Waals surface area (Å²) < 4.78 is 5.13. The Hall–Kier alpha value is -1.90. The van der Waals surface area contributed by atoms with E-state index in [1.54, 1.807) is 0 Å². The zero-order valence-corrected chi connectivity index (χ0v) is 11.6. The van der Waals surface area contributed by atoms with Gasteiger partial charge in [0.15, 0.2) is 0 Å². The zero-order chi connectivity index (χ0) is 13.8. The first kappa shape index (κ1) is 13.5. The van der Waals surface area contributed by atoms with Crippen LogP contribution >= 0.6 is 0 Å². The van der Waals surface area contributed by atoms with Crippen molar-refractivity contribution >= 4 is 16.9 Å². The van der Waals surface area contributed by atoms with Gasteiger partial charge >= 0.3 is 5.97 Å². The Balaban J connectivity index is 2.38. The van der Waals surface area contributed by atoms with Crippen molar-refractivity contribution in [2.24, 2.45) is 0 Å². The van der Waals surface area contributed by atoms with Gasteiger partial charge in [-0.05, 0) is 44.0 Å². The molecule has 1 unspecified atom stereocenters. The van der Waals surface area contributed by atoms with Gasteiger partial charge in [0.05, 0.1) is 18.0 Å². The van der Waals surface area contributed by atoms with Gasteiger partial charge in [0.1, 0.15) is 0 Å². The van der Waals surface area contributed by atoms with Crippen molar-refractivity contribution in [1.82, 2.24) is 4.98 Å². The number of ether oxygens (including phenoxy) is 1. The molecule has 0 saturated heterocycles. The molecule has 1 aromatic heterocycles. The number of aryl methyl sites for hydroxylation is 1. The van der Waals surface area contributed by atoms with E-state index < -0.39 is 0 Å². The maximum absolute atomic E-state index is 11.9. The largest absolute Gasteiger partial charge is 0.466 e. The lowest BCUT2D eigenvalue weighted by Gasteiger charge is -2.14. The predicted octanol–water partition coefficient (Wildman–Crippen LogP) is 3.60. The average Bonchev–Trinajstić information content (AvgIpc) is 2.40. The molecule has 1 heterocycles. The zero-order valence-electron chi connectivity index (χ0n) is 11.6. The van der Waals surface area contributed by atoms with Crippen LogP contribution in [-0.2, 0) is 9.53 Å².